The van der Waals surface area contributed by atoms with Crippen LogP contribution in [0.5, 0.6) is 0 Å². The van der Waals surface area contributed by atoms with E-state index in [9.17, 15) is 5.11 Å². The van der Waals surface area contributed by atoms with Gasteiger partial charge in [0.2, 0.25) is 0 Å². The summed E-state index contributed by atoms with van der Waals surface area (Å²) in [4.78, 5) is 4.14. The molecule has 1 aromatic rings. The number of rotatable bonds is 4. The van der Waals surface area contributed by atoms with Crippen LogP contribution in [-0.2, 0) is 0 Å². The van der Waals surface area contributed by atoms with E-state index in [0.717, 1.165) is 31.6 Å². The summed E-state index contributed by atoms with van der Waals surface area (Å²) < 4.78 is 0. The number of anilines is 2. The zero-order valence-electron chi connectivity index (χ0n) is 11.3. The number of hydrogen-bond donors (Lipinski definition) is 3. The Hall–Kier alpha value is -1.00. The highest BCUT2D eigenvalue weighted by Crippen LogP contribution is 2.33. The third-order valence-corrected chi connectivity index (χ3v) is 4.22. The zero-order valence-corrected chi connectivity index (χ0v) is 12.1. The first-order chi connectivity index (χ1) is 9.00. The molecule has 0 atom stereocenters. The highest BCUT2D eigenvalue weighted by atomic mass is 35.5. The third-order valence-electron chi connectivity index (χ3n) is 4.03. The Balaban J connectivity index is 1.91. The number of aliphatic hydroxyl groups is 1. The van der Waals surface area contributed by atoms with E-state index in [2.05, 4.69) is 17.2 Å². The summed E-state index contributed by atoms with van der Waals surface area (Å²) in [5.41, 5.74) is 5.65. The summed E-state index contributed by atoms with van der Waals surface area (Å²) in [5, 5.41) is 14.0. The maximum absolute atomic E-state index is 10.5. The normalized spacial score (nSPS) is 27.2. The van der Waals surface area contributed by atoms with Crippen molar-refractivity contribution in [2.45, 2.75) is 44.6 Å². The van der Waals surface area contributed by atoms with Crippen molar-refractivity contribution in [3.63, 3.8) is 0 Å². The Bertz CT molecular complexity index is 410. The first kappa shape index (κ1) is 14.4. The zero-order chi connectivity index (χ0) is 13.9. The van der Waals surface area contributed by atoms with E-state index in [-0.39, 0.29) is 0 Å². The summed E-state index contributed by atoms with van der Waals surface area (Å²) in [5.74, 6) is 1.39. The van der Waals surface area contributed by atoms with Crippen LogP contribution >= 0.6 is 11.6 Å². The topological polar surface area (TPSA) is 71.2 Å². The highest BCUT2D eigenvalue weighted by Gasteiger charge is 2.32. The second kappa shape index (κ2) is 5.97. The molecule has 4 N–H and O–H groups in total. The molecule has 5 heteroatoms. The van der Waals surface area contributed by atoms with Crippen LogP contribution in [0.15, 0.2) is 12.1 Å². The van der Waals surface area contributed by atoms with Crippen LogP contribution in [0.2, 0.25) is 5.15 Å². The molecule has 0 radical (unpaired) electrons. The number of nitrogens with zero attached hydrogens (tertiary/aromatic N) is 1. The first-order valence-electron chi connectivity index (χ1n) is 6.90. The average Bonchev–Trinajstić information content (AvgIpc) is 2.37. The standard InChI is InChI=1S/C14H22ClN3O/c1-2-10-3-5-14(19,6-4-10)9-17-13-8-11(16)7-12(15)18-13/h7-8,10,19H,2-6,9H2,1H3,(H3,16,17,18). The number of nitrogen functional groups attached to an aromatic ring is 1. The van der Waals surface area contributed by atoms with Crippen LogP contribution in [0.25, 0.3) is 0 Å². The Labute approximate surface area is 119 Å². The van der Waals surface area contributed by atoms with Crippen molar-refractivity contribution in [3.8, 4) is 0 Å². The molecular weight excluding hydrogens is 262 g/mol. The van der Waals surface area contributed by atoms with E-state index in [1.807, 2.05) is 0 Å². The van der Waals surface area contributed by atoms with E-state index in [0.29, 0.717) is 23.2 Å². The molecule has 1 aliphatic carbocycles. The Morgan fingerprint density at radius 3 is 2.74 bits per heavy atom. The monoisotopic (exact) mass is 283 g/mol. The van der Waals surface area contributed by atoms with Gasteiger partial charge in [-0.25, -0.2) is 4.98 Å². The molecule has 106 valence electrons. The van der Waals surface area contributed by atoms with Gasteiger partial charge in [-0.3, -0.25) is 0 Å². The molecule has 0 aromatic carbocycles. The van der Waals surface area contributed by atoms with Gasteiger partial charge in [-0.1, -0.05) is 24.9 Å². The molecule has 1 fully saturated rings. The Morgan fingerprint density at radius 2 is 2.16 bits per heavy atom. The van der Waals surface area contributed by atoms with Gasteiger partial charge in [0.25, 0.3) is 0 Å². The van der Waals surface area contributed by atoms with Crippen molar-refractivity contribution < 1.29 is 5.11 Å². The number of pyridine rings is 1. The van der Waals surface area contributed by atoms with Crippen LogP contribution in [-0.4, -0.2) is 22.2 Å². The lowest BCUT2D eigenvalue weighted by molar-refractivity contribution is 0.00223. The Morgan fingerprint density at radius 1 is 1.47 bits per heavy atom. The van der Waals surface area contributed by atoms with Crippen molar-refractivity contribution in [2.24, 2.45) is 5.92 Å². The summed E-state index contributed by atoms with van der Waals surface area (Å²) in [6.07, 6.45) is 5.08. The van der Waals surface area contributed by atoms with Gasteiger partial charge in [-0.2, -0.15) is 0 Å². The number of aromatic nitrogens is 1. The molecule has 0 bridgehead atoms. The van der Waals surface area contributed by atoms with Crippen LogP contribution in [0.4, 0.5) is 11.5 Å². The fourth-order valence-electron chi connectivity index (χ4n) is 2.66. The van der Waals surface area contributed by atoms with Crippen LogP contribution in [0.1, 0.15) is 39.0 Å². The predicted octanol–water partition coefficient (Wildman–Crippen LogP) is 3.06. The van der Waals surface area contributed by atoms with Crippen LogP contribution in [0.3, 0.4) is 0 Å². The number of hydrogen-bond acceptors (Lipinski definition) is 4. The van der Waals surface area contributed by atoms with Crippen LogP contribution in [0, 0.1) is 5.92 Å². The van der Waals surface area contributed by atoms with Crippen molar-refractivity contribution in [1.29, 1.82) is 0 Å². The van der Waals surface area contributed by atoms with Gasteiger partial charge < -0.3 is 16.2 Å². The molecule has 0 unspecified atom stereocenters. The van der Waals surface area contributed by atoms with Crippen molar-refractivity contribution >= 4 is 23.1 Å². The molecule has 19 heavy (non-hydrogen) atoms. The second-order valence-corrected chi connectivity index (χ2v) is 5.93. The molecule has 0 amide bonds. The van der Waals surface area contributed by atoms with Crippen molar-refractivity contribution in [3.05, 3.63) is 17.3 Å². The molecule has 4 nitrogen and oxygen atoms in total. The second-order valence-electron chi connectivity index (χ2n) is 5.54. The lowest BCUT2D eigenvalue weighted by Crippen LogP contribution is -2.40. The summed E-state index contributed by atoms with van der Waals surface area (Å²) in [6.45, 7) is 2.71. The van der Waals surface area contributed by atoms with E-state index >= 15 is 0 Å². The molecule has 1 aromatic heterocycles. The fourth-order valence-corrected chi connectivity index (χ4v) is 2.88. The molecule has 1 aliphatic rings. The first-order valence-corrected chi connectivity index (χ1v) is 7.28. The summed E-state index contributed by atoms with van der Waals surface area (Å²) >= 11 is 5.85. The van der Waals surface area contributed by atoms with Gasteiger partial charge in [0.05, 0.1) is 5.60 Å². The fraction of sp³-hybridized carbons (Fsp3) is 0.643. The molecule has 0 aliphatic heterocycles. The molecular formula is C14H22ClN3O. The van der Waals surface area contributed by atoms with E-state index in [4.69, 9.17) is 17.3 Å². The van der Waals surface area contributed by atoms with Gasteiger partial charge in [-0.15, -0.1) is 0 Å². The quantitative estimate of drug-likeness (QED) is 0.743. The molecule has 1 heterocycles. The number of nitrogens with two attached hydrogens (primary N) is 1. The van der Waals surface area contributed by atoms with E-state index < -0.39 is 5.60 Å². The van der Waals surface area contributed by atoms with Gasteiger partial charge in [0, 0.05) is 18.3 Å². The number of nitrogens with one attached hydrogen (secondary N) is 1. The molecule has 0 saturated heterocycles. The van der Waals surface area contributed by atoms with Gasteiger partial charge in [0.15, 0.2) is 0 Å². The molecule has 0 spiro atoms. The SMILES string of the molecule is CCC1CCC(O)(CNc2cc(N)cc(Cl)n2)CC1. The number of halogens is 1. The van der Waals surface area contributed by atoms with Crippen LogP contribution < -0.4 is 11.1 Å². The maximum atomic E-state index is 10.5. The highest BCUT2D eigenvalue weighted by molar-refractivity contribution is 6.29. The Kier molecular flexibility index (Phi) is 4.53. The minimum atomic E-state index is -0.634. The van der Waals surface area contributed by atoms with Gasteiger partial charge in [0.1, 0.15) is 11.0 Å². The molecule has 1 saturated carbocycles. The van der Waals surface area contributed by atoms with Gasteiger partial charge in [-0.05, 0) is 37.7 Å². The van der Waals surface area contributed by atoms with E-state index in [1.54, 1.807) is 12.1 Å². The summed E-state index contributed by atoms with van der Waals surface area (Å²) in [7, 11) is 0. The maximum Gasteiger partial charge on any atom is 0.133 e. The summed E-state index contributed by atoms with van der Waals surface area (Å²) in [6, 6.07) is 3.33. The lowest BCUT2D eigenvalue weighted by atomic mass is 9.78. The average molecular weight is 284 g/mol. The van der Waals surface area contributed by atoms with Gasteiger partial charge >= 0.3 is 0 Å². The van der Waals surface area contributed by atoms with E-state index in [1.165, 1.54) is 6.42 Å². The largest absolute Gasteiger partial charge is 0.399 e. The lowest BCUT2D eigenvalue weighted by Gasteiger charge is -2.36. The molecule has 2 rings (SSSR count). The predicted molar refractivity (Wildman–Crippen MR) is 79.3 cm³/mol. The van der Waals surface area contributed by atoms with Crippen molar-refractivity contribution in [2.75, 3.05) is 17.6 Å². The smallest absolute Gasteiger partial charge is 0.133 e. The van der Waals surface area contributed by atoms with Crippen molar-refractivity contribution in [1.82, 2.24) is 4.98 Å². The minimum Gasteiger partial charge on any atom is -0.399 e. The third kappa shape index (κ3) is 3.98. The minimum absolute atomic E-state index is 0.365.